The van der Waals surface area contributed by atoms with Crippen LogP contribution in [-0.4, -0.2) is 33.5 Å². The molecule has 3 fully saturated rings. The predicted molar refractivity (Wildman–Crippen MR) is 130 cm³/mol. The molecule has 1 unspecified atom stereocenters. The molecule has 8 heteroatoms. The van der Waals surface area contributed by atoms with Crippen molar-refractivity contribution in [2.75, 3.05) is 22.9 Å². The maximum Gasteiger partial charge on any atom is 0.303 e. The highest BCUT2D eigenvalue weighted by molar-refractivity contribution is 6.01. The molecule has 3 saturated carbocycles. The third-order valence-corrected chi connectivity index (χ3v) is 9.45. The molecular formula is C26H33N5O3. The van der Waals surface area contributed by atoms with E-state index in [2.05, 4.69) is 20.6 Å². The Labute approximate surface area is 199 Å². The van der Waals surface area contributed by atoms with Crippen LogP contribution in [0.1, 0.15) is 70.6 Å². The predicted octanol–water partition coefficient (Wildman–Crippen LogP) is 4.57. The van der Waals surface area contributed by atoms with Gasteiger partial charge >= 0.3 is 5.97 Å². The number of carboxylic acids is 1. The molecule has 34 heavy (non-hydrogen) atoms. The highest BCUT2D eigenvalue weighted by atomic mass is 16.4. The van der Waals surface area contributed by atoms with E-state index in [1.165, 1.54) is 57.8 Å². The third-order valence-electron chi connectivity index (χ3n) is 9.45. The van der Waals surface area contributed by atoms with Gasteiger partial charge in [0.05, 0.1) is 11.9 Å². The van der Waals surface area contributed by atoms with Crippen LogP contribution in [0.25, 0.3) is 10.9 Å². The summed E-state index contributed by atoms with van der Waals surface area (Å²) in [7, 11) is 0. The zero-order valence-electron chi connectivity index (χ0n) is 19.5. The van der Waals surface area contributed by atoms with Gasteiger partial charge in [0.2, 0.25) is 11.9 Å². The summed E-state index contributed by atoms with van der Waals surface area (Å²) in [6, 6.07) is 5.88. The Balaban J connectivity index is 1.21. The van der Waals surface area contributed by atoms with Gasteiger partial charge in [-0.1, -0.05) is 12.8 Å². The first kappa shape index (κ1) is 21.6. The average molecular weight is 464 g/mol. The average Bonchev–Trinajstić information content (AvgIpc) is 2.69. The summed E-state index contributed by atoms with van der Waals surface area (Å²) >= 11 is 0. The first-order valence-electron chi connectivity index (χ1n) is 12.6. The van der Waals surface area contributed by atoms with E-state index < -0.39 is 11.9 Å². The van der Waals surface area contributed by atoms with Crippen LogP contribution >= 0.6 is 0 Å². The van der Waals surface area contributed by atoms with E-state index >= 15 is 0 Å². The zero-order chi connectivity index (χ0) is 23.6. The summed E-state index contributed by atoms with van der Waals surface area (Å²) in [5.74, 6) is -0.286. The van der Waals surface area contributed by atoms with Crippen LogP contribution < -0.4 is 16.4 Å². The molecule has 1 atom stereocenters. The SMILES string of the molecule is Nc1nc(NC(=O)CCC(=O)O)c2cc(NCC3C45CCCC6(CCC4)CC3(C6)C5)ccc2n1. The minimum Gasteiger partial charge on any atom is -0.481 e. The monoisotopic (exact) mass is 463 g/mol. The molecule has 1 amide bonds. The quantitative estimate of drug-likeness (QED) is 0.473. The Morgan fingerprint density at radius 3 is 2.53 bits per heavy atom. The molecule has 1 aromatic heterocycles. The molecule has 3 spiro atoms. The van der Waals surface area contributed by atoms with Gasteiger partial charge in [0.1, 0.15) is 5.82 Å². The second-order valence-electron chi connectivity index (χ2n) is 11.5. The first-order chi connectivity index (χ1) is 16.3. The van der Waals surface area contributed by atoms with Crippen LogP contribution in [-0.2, 0) is 9.59 Å². The summed E-state index contributed by atoms with van der Waals surface area (Å²) in [6.07, 6.45) is 12.4. The number of hydrogen-bond acceptors (Lipinski definition) is 6. The standard InChI is InChI=1S/C26H33N5O3/c27-23-29-18-4-3-16(11-17(18)22(31-23)30-20(32)5-6-21(33)34)28-12-19-25-9-1-7-24(8-2-10-25)13-26(19,14-24)15-25/h3-4,11,19,28H,1-2,5-10,12-15H2,(H,33,34)(H3,27,29,30,31,32). The highest BCUT2D eigenvalue weighted by Gasteiger charge is 2.72. The lowest BCUT2D eigenvalue weighted by Crippen LogP contribution is -2.69. The van der Waals surface area contributed by atoms with Crippen molar-refractivity contribution in [3.05, 3.63) is 18.2 Å². The molecule has 0 saturated heterocycles. The van der Waals surface area contributed by atoms with Crippen molar-refractivity contribution in [1.82, 2.24) is 9.97 Å². The zero-order valence-corrected chi connectivity index (χ0v) is 19.5. The second kappa shape index (κ2) is 7.55. The number of fused-ring (bicyclic) bond motifs is 1. The number of carboxylic acid groups (broad SMARTS) is 1. The van der Waals surface area contributed by atoms with E-state index in [0.29, 0.717) is 33.0 Å². The fourth-order valence-electron chi connectivity index (χ4n) is 8.46. The fourth-order valence-corrected chi connectivity index (χ4v) is 8.46. The van der Waals surface area contributed by atoms with E-state index in [4.69, 9.17) is 10.8 Å². The minimum absolute atomic E-state index is 0.0697. The van der Waals surface area contributed by atoms with Crippen LogP contribution in [0.3, 0.4) is 0 Å². The fraction of sp³-hybridized carbons (Fsp3) is 0.615. The molecule has 3 aliphatic rings. The molecule has 5 N–H and O–H groups in total. The van der Waals surface area contributed by atoms with Gasteiger partial charge in [0.15, 0.2) is 0 Å². The minimum atomic E-state index is -1.01. The van der Waals surface area contributed by atoms with Crippen molar-refractivity contribution in [3.8, 4) is 0 Å². The number of nitrogens with zero attached hydrogens (tertiary/aromatic N) is 2. The van der Waals surface area contributed by atoms with Gasteiger partial charge in [-0.05, 0) is 85.3 Å². The van der Waals surface area contributed by atoms with Crippen molar-refractivity contribution in [3.63, 3.8) is 0 Å². The van der Waals surface area contributed by atoms with E-state index in [1.807, 2.05) is 18.2 Å². The van der Waals surface area contributed by atoms with E-state index in [0.717, 1.165) is 18.2 Å². The Morgan fingerprint density at radius 1 is 1.03 bits per heavy atom. The Bertz CT molecular complexity index is 1150. The molecule has 5 rings (SSSR count). The highest BCUT2D eigenvalue weighted by Crippen LogP contribution is 2.80. The third kappa shape index (κ3) is 3.41. The number of anilines is 3. The smallest absolute Gasteiger partial charge is 0.303 e. The largest absolute Gasteiger partial charge is 0.481 e. The summed E-state index contributed by atoms with van der Waals surface area (Å²) in [4.78, 5) is 31.6. The topological polar surface area (TPSA) is 130 Å². The van der Waals surface area contributed by atoms with Gasteiger partial charge in [-0.25, -0.2) is 4.98 Å². The number of carbonyl (C=O) groups excluding carboxylic acids is 1. The number of aliphatic carboxylic acids is 1. The van der Waals surface area contributed by atoms with Crippen molar-refractivity contribution in [2.24, 2.45) is 22.2 Å². The molecule has 3 aliphatic carbocycles. The van der Waals surface area contributed by atoms with Gasteiger partial charge in [-0.2, -0.15) is 4.98 Å². The summed E-state index contributed by atoms with van der Waals surface area (Å²) in [6.45, 7) is 0.984. The molecule has 1 heterocycles. The van der Waals surface area contributed by atoms with E-state index in [1.54, 1.807) is 0 Å². The van der Waals surface area contributed by atoms with Crippen molar-refractivity contribution in [1.29, 1.82) is 0 Å². The molecule has 0 bridgehead atoms. The lowest BCUT2D eigenvalue weighted by molar-refractivity contribution is -0.265. The number of aromatic nitrogens is 2. The maximum atomic E-state index is 12.2. The molecule has 1 aromatic carbocycles. The summed E-state index contributed by atoms with van der Waals surface area (Å²) in [5.41, 5.74) is 9.22. The maximum absolute atomic E-state index is 12.2. The lowest BCUT2D eigenvalue weighted by atomic mass is 9.28. The first-order valence-corrected chi connectivity index (χ1v) is 12.6. The number of nitrogens with one attached hydrogen (secondary N) is 2. The molecule has 180 valence electrons. The normalized spacial score (nSPS) is 33.1. The lowest BCUT2D eigenvalue weighted by Gasteiger charge is -2.77. The van der Waals surface area contributed by atoms with Crippen LogP contribution in [0, 0.1) is 22.2 Å². The van der Waals surface area contributed by atoms with Gasteiger partial charge in [0.25, 0.3) is 0 Å². The number of hydrogen-bond donors (Lipinski definition) is 4. The van der Waals surface area contributed by atoms with Crippen LogP contribution in [0.4, 0.5) is 17.5 Å². The Hall–Kier alpha value is -2.90. The van der Waals surface area contributed by atoms with Gasteiger partial charge in [0, 0.05) is 24.0 Å². The van der Waals surface area contributed by atoms with Gasteiger partial charge in [-0.3, -0.25) is 9.59 Å². The van der Waals surface area contributed by atoms with Crippen LogP contribution in [0.5, 0.6) is 0 Å². The van der Waals surface area contributed by atoms with E-state index in [-0.39, 0.29) is 18.8 Å². The summed E-state index contributed by atoms with van der Waals surface area (Å²) < 4.78 is 0. The Morgan fingerprint density at radius 2 is 1.79 bits per heavy atom. The number of nitrogen functional groups attached to an aromatic ring is 1. The number of amides is 1. The molecular weight excluding hydrogens is 430 g/mol. The number of benzene rings is 1. The number of carbonyl (C=O) groups is 2. The van der Waals surface area contributed by atoms with Crippen LogP contribution in [0.2, 0.25) is 0 Å². The van der Waals surface area contributed by atoms with Gasteiger partial charge < -0.3 is 21.5 Å². The van der Waals surface area contributed by atoms with Crippen molar-refractivity contribution >= 4 is 40.2 Å². The summed E-state index contributed by atoms with van der Waals surface area (Å²) in [5, 5.41) is 16.0. The van der Waals surface area contributed by atoms with Crippen molar-refractivity contribution < 1.29 is 14.7 Å². The number of nitrogens with two attached hydrogens (primary N) is 1. The molecule has 0 aliphatic heterocycles. The van der Waals surface area contributed by atoms with Crippen molar-refractivity contribution in [2.45, 2.75) is 70.6 Å². The molecule has 8 nitrogen and oxygen atoms in total. The number of rotatable bonds is 7. The Kier molecular flexibility index (Phi) is 4.80. The second-order valence-corrected chi connectivity index (χ2v) is 11.5. The van der Waals surface area contributed by atoms with Crippen LogP contribution in [0.15, 0.2) is 18.2 Å². The van der Waals surface area contributed by atoms with E-state index in [9.17, 15) is 9.59 Å². The molecule has 0 radical (unpaired) electrons. The molecule has 2 aromatic rings. The van der Waals surface area contributed by atoms with Gasteiger partial charge in [-0.15, -0.1) is 0 Å².